The van der Waals surface area contributed by atoms with Crippen LogP contribution >= 0.6 is 0 Å². The normalized spacial score (nSPS) is 40.8. The Kier molecular flexibility index (Phi) is 2.84. The van der Waals surface area contributed by atoms with Crippen molar-refractivity contribution in [3.05, 3.63) is 0 Å². The molecule has 0 amide bonds. The summed E-state index contributed by atoms with van der Waals surface area (Å²) in [5.41, 5.74) is 0. The smallest absolute Gasteiger partial charge is 0.156 e. The van der Waals surface area contributed by atoms with E-state index in [1.54, 1.807) is 0 Å². The van der Waals surface area contributed by atoms with Crippen molar-refractivity contribution in [1.29, 1.82) is 0 Å². The minimum Gasteiger partial charge on any atom is -0.396 e. The first kappa shape index (κ1) is 10.4. The quantitative estimate of drug-likeness (QED) is 0.755. The van der Waals surface area contributed by atoms with Crippen LogP contribution in [0.25, 0.3) is 0 Å². The zero-order valence-corrected chi connectivity index (χ0v) is 9.17. The molecule has 4 heteroatoms. The maximum atomic E-state index is 11.9. The predicted molar refractivity (Wildman–Crippen MR) is 54.8 cm³/mol. The van der Waals surface area contributed by atoms with Gasteiger partial charge in [-0.25, -0.2) is 8.42 Å². The van der Waals surface area contributed by atoms with Crippen LogP contribution < -0.4 is 0 Å². The lowest BCUT2D eigenvalue weighted by atomic mass is 9.88. The van der Waals surface area contributed by atoms with Gasteiger partial charge in [0.15, 0.2) is 9.84 Å². The molecule has 0 aromatic heterocycles. The molecule has 2 unspecified atom stereocenters. The standard InChI is InChI=1S/C10H18O3S/c11-5-4-8-6-9-2-1-3-10(7-8)14(9,12)13/h8-11H,1-7H2. The summed E-state index contributed by atoms with van der Waals surface area (Å²) < 4.78 is 23.8. The highest BCUT2D eigenvalue weighted by Crippen LogP contribution is 2.40. The van der Waals surface area contributed by atoms with Gasteiger partial charge in [0.25, 0.3) is 0 Å². The third kappa shape index (κ3) is 1.70. The lowest BCUT2D eigenvalue weighted by molar-refractivity contribution is 0.230. The van der Waals surface area contributed by atoms with Gasteiger partial charge >= 0.3 is 0 Å². The molecule has 2 aliphatic rings. The molecule has 2 heterocycles. The topological polar surface area (TPSA) is 54.4 Å². The number of fused-ring (bicyclic) bond motifs is 2. The van der Waals surface area contributed by atoms with Crippen LogP contribution in [0.15, 0.2) is 0 Å². The summed E-state index contributed by atoms with van der Waals surface area (Å²) in [6, 6.07) is 0. The summed E-state index contributed by atoms with van der Waals surface area (Å²) in [6.07, 6.45) is 5.13. The van der Waals surface area contributed by atoms with Crippen molar-refractivity contribution in [2.24, 2.45) is 5.92 Å². The molecule has 0 aromatic rings. The molecular weight excluding hydrogens is 200 g/mol. The van der Waals surface area contributed by atoms with Crippen LogP contribution in [-0.4, -0.2) is 30.6 Å². The van der Waals surface area contributed by atoms with E-state index in [4.69, 9.17) is 5.11 Å². The largest absolute Gasteiger partial charge is 0.396 e. The minimum atomic E-state index is -2.80. The second-order valence-corrected chi connectivity index (χ2v) is 7.13. The molecule has 0 radical (unpaired) electrons. The van der Waals surface area contributed by atoms with Crippen molar-refractivity contribution in [3.8, 4) is 0 Å². The van der Waals surface area contributed by atoms with Crippen LogP contribution in [0.5, 0.6) is 0 Å². The molecule has 1 N–H and O–H groups in total. The van der Waals surface area contributed by atoms with Gasteiger partial charge in [-0.05, 0) is 38.0 Å². The molecule has 3 nitrogen and oxygen atoms in total. The van der Waals surface area contributed by atoms with Crippen molar-refractivity contribution in [2.45, 2.75) is 49.0 Å². The molecule has 2 atom stereocenters. The number of hydrogen-bond acceptors (Lipinski definition) is 3. The first-order valence-corrected chi connectivity index (χ1v) is 7.09. The van der Waals surface area contributed by atoms with Gasteiger partial charge < -0.3 is 5.11 Å². The summed E-state index contributed by atoms with van der Waals surface area (Å²) in [4.78, 5) is 0. The highest BCUT2D eigenvalue weighted by Gasteiger charge is 2.43. The van der Waals surface area contributed by atoms with Gasteiger partial charge in [-0.15, -0.1) is 0 Å². The van der Waals surface area contributed by atoms with Gasteiger partial charge in [-0.2, -0.15) is 0 Å². The van der Waals surface area contributed by atoms with E-state index < -0.39 is 9.84 Å². The molecule has 0 saturated carbocycles. The van der Waals surface area contributed by atoms with Gasteiger partial charge in [0.1, 0.15) is 0 Å². The fraction of sp³-hybridized carbons (Fsp3) is 1.00. The van der Waals surface area contributed by atoms with Crippen LogP contribution in [0, 0.1) is 5.92 Å². The Labute approximate surface area is 85.4 Å². The monoisotopic (exact) mass is 218 g/mol. The highest BCUT2D eigenvalue weighted by molar-refractivity contribution is 7.92. The van der Waals surface area contributed by atoms with E-state index in [0.29, 0.717) is 5.92 Å². The second kappa shape index (κ2) is 3.81. The lowest BCUT2D eigenvalue weighted by Gasteiger charge is -2.38. The van der Waals surface area contributed by atoms with Gasteiger partial charge in [-0.3, -0.25) is 0 Å². The molecular formula is C10H18O3S. The fourth-order valence-corrected chi connectivity index (χ4v) is 5.55. The average molecular weight is 218 g/mol. The van der Waals surface area contributed by atoms with Crippen molar-refractivity contribution < 1.29 is 13.5 Å². The molecule has 14 heavy (non-hydrogen) atoms. The molecule has 2 aliphatic heterocycles. The molecule has 0 aromatic carbocycles. The Morgan fingerprint density at radius 3 is 2.21 bits per heavy atom. The average Bonchev–Trinajstić information content (AvgIpc) is 2.06. The van der Waals surface area contributed by atoms with Crippen molar-refractivity contribution >= 4 is 9.84 Å². The molecule has 2 saturated heterocycles. The molecule has 0 spiro atoms. The first-order valence-electron chi connectivity index (χ1n) is 5.48. The third-order valence-electron chi connectivity index (χ3n) is 3.71. The Balaban J connectivity index is 2.13. The zero-order valence-electron chi connectivity index (χ0n) is 8.35. The van der Waals surface area contributed by atoms with E-state index in [2.05, 4.69) is 0 Å². The summed E-state index contributed by atoms with van der Waals surface area (Å²) in [7, 11) is -2.80. The first-order chi connectivity index (χ1) is 6.64. The van der Waals surface area contributed by atoms with Gasteiger partial charge in [-0.1, -0.05) is 6.42 Å². The number of hydrogen-bond donors (Lipinski definition) is 1. The van der Waals surface area contributed by atoms with Crippen molar-refractivity contribution in [1.82, 2.24) is 0 Å². The lowest BCUT2D eigenvalue weighted by Crippen LogP contribution is -2.43. The summed E-state index contributed by atoms with van der Waals surface area (Å²) in [5.74, 6) is 0.443. The Morgan fingerprint density at radius 1 is 1.14 bits per heavy atom. The second-order valence-electron chi connectivity index (χ2n) is 4.61. The number of aliphatic hydroxyl groups is 1. The van der Waals surface area contributed by atoms with Crippen molar-refractivity contribution in [2.75, 3.05) is 6.61 Å². The number of rotatable bonds is 2. The van der Waals surface area contributed by atoms with Gasteiger partial charge in [0, 0.05) is 6.61 Å². The van der Waals surface area contributed by atoms with Gasteiger partial charge in [0.05, 0.1) is 10.5 Å². The van der Waals surface area contributed by atoms with E-state index in [-0.39, 0.29) is 17.1 Å². The van der Waals surface area contributed by atoms with Crippen LogP contribution in [-0.2, 0) is 9.84 Å². The third-order valence-corrected chi connectivity index (χ3v) is 6.43. The van der Waals surface area contributed by atoms with Crippen LogP contribution in [0.4, 0.5) is 0 Å². The summed E-state index contributed by atoms with van der Waals surface area (Å²) >= 11 is 0. The van der Waals surface area contributed by atoms with Crippen LogP contribution in [0.3, 0.4) is 0 Å². The number of aliphatic hydroxyl groups excluding tert-OH is 1. The molecule has 2 bridgehead atoms. The van der Waals surface area contributed by atoms with Crippen molar-refractivity contribution in [3.63, 3.8) is 0 Å². The molecule has 2 fully saturated rings. The summed E-state index contributed by atoms with van der Waals surface area (Å²) in [5, 5.41) is 8.68. The van der Waals surface area contributed by atoms with E-state index in [1.807, 2.05) is 0 Å². The molecule has 2 rings (SSSR count). The van der Waals surface area contributed by atoms with E-state index in [0.717, 1.165) is 38.5 Å². The fourth-order valence-electron chi connectivity index (χ4n) is 2.94. The predicted octanol–water partition coefficient (Wildman–Crippen LogP) is 1.11. The van der Waals surface area contributed by atoms with Gasteiger partial charge in [0.2, 0.25) is 0 Å². The molecule has 82 valence electrons. The zero-order chi connectivity index (χ0) is 10.2. The van der Waals surface area contributed by atoms with E-state index >= 15 is 0 Å². The maximum absolute atomic E-state index is 11.9. The Hall–Kier alpha value is -0.0900. The van der Waals surface area contributed by atoms with Crippen LogP contribution in [0.2, 0.25) is 0 Å². The Bertz CT molecular complexity index is 276. The maximum Gasteiger partial charge on any atom is 0.156 e. The minimum absolute atomic E-state index is 0.0912. The van der Waals surface area contributed by atoms with Crippen LogP contribution in [0.1, 0.15) is 38.5 Å². The SMILES string of the molecule is O=S1(=O)C2CCCC1CC(CCO)C2. The molecule has 0 aliphatic carbocycles. The van der Waals surface area contributed by atoms with E-state index in [9.17, 15) is 8.42 Å². The highest BCUT2D eigenvalue weighted by atomic mass is 32.2. The summed E-state index contributed by atoms with van der Waals surface area (Å²) in [6.45, 7) is 0.199. The van der Waals surface area contributed by atoms with E-state index in [1.165, 1.54) is 0 Å². The Morgan fingerprint density at radius 2 is 1.71 bits per heavy atom. The number of sulfone groups is 1.